The molecule has 4 heteroatoms. The first-order valence-corrected chi connectivity index (χ1v) is 7.45. The lowest BCUT2D eigenvalue weighted by atomic mass is 9.88. The molecule has 4 nitrogen and oxygen atoms in total. The van der Waals surface area contributed by atoms with E-state index in [0.29, 0.717) is 6.04 Å². The van der Waals surface area contributed by atoms with Crippen LogP contribution in [-0.4, -0.2) is 21.0 Å². The zero-order chi connectivity index (χ0) is 15.5. The molecule has 0 aromatic carbocycles. The first kappa shape index (κ1) is 15.4. The van der Waals surface area contributed by atoms with E-state index in [2.05, 4.69) is 54.9 Å². The molecule has 1 unspecified atom stereocenters. The number of nitrogens with zero attached hydrogens (tertiary/aromatic N) is 3. The van der Waals surface area contributed by atoms with Crippen LogP contribution >= 0.6 is 0 Å². The second-order valence-corrected chi connectivity index (χ2v) is 6.39. The third kappa shape index (κ3) is 4.00. The summed E-state index contributed by atoms with van der Waals surface area (Å²) >= 11 is 0. The van der Waals surface area contributed by atoms with Crippen molar-refractivity contribution in [1.29, 1.82) is 0 Å². The Morgan fingerprint density at radius 3 is 2.38 bits per heavy atom. The third-order valence-electron chi connectivity index (χ3n) is 3.74. The Kier molecular flexibility index (Phi) is 4.56. The summed E-state index contributed by atoms with van der Waals surface area (Å²) in [4.78, 5) is 13.3. The van der Waals surface area contributed by atoms with Crippen LogP contribution in [0, 0.1) is 5.41 Å². The van der Waals surface area contributed by atoms with Gasteiger partial charge in [-0.1, -0.05) is 27.7 Å². The smallest absolute Gasteiger partial charge is 0.161 e. The fraction of sp³-hybridized carbons (Fsp3) is 0.471. The number of anilines is 1. The summed E-state index contributed by atoms with van der Waals surface area (Å²) in [7, 11) is 0. The normalized spacial score (nSPS) is 13.0. The maximum atomic E-state index is 4.66. The Labute approximate surface area is 127 Å². The highest BCUT2D eigenvalue weighted by Gasteiger charge is 2.20. The number of hydrogen-bond acceptors (Lipinski definition) is 4. The molecule has 0 bridgehead atoms. The Balaban J connectivity index is 2.35. The van der Waals surface area contributed by atoms with E-state index in [1.54, 1.807) is 12.4 Å². The number of rotatable bonds is 4. The number of nitrogens with one attached hydrogen (secondary N) is 1. The zero-order valence-corrected chi connectivity index (χ0v) is 13.5. The van der Waals surface area contributed by atoms with E-state index in [1.165, 1.54) is 0 Å². The van der Waals surface area contributed by atoms with E-state index >= 15 is 0 Å². The molecule has 0 amide bonds. The molecule has 0 saturated heterocycles. The van der Waals surface area contributed by atoms with Gasteiger partial charge in [0.2, 0.25) is 0 Å². The molecular formula is C17H24N4. The highest BCUT2D eigenvalue weighted by Crippen LogP contribution is 2.24. The van der Waals surface area contributed by atoms with Crippen LogP contribution in [0.25, 0.3) is 11.4 Å². The average molecular weight is 284 g/mol. The van der Waals surface area contributed by atoms with Crippen molar-refractivity contribution < 1.29 is 0 Å². The number of aryl methyl sites for hydroxylation is 1. The standard InChI is InChI=1S/C17H24N4/c1-6-14-11-15(19-12(2)17(3,4)5)21-16(20-14)13-7-9-18-10-8-13/h7-12H,6H2,1-5H3,(H,19,20,21). The fourth-order valence-electron chi connectivity index (χ4n) is 1.82. The molecule has 0 fully saturated rings. The lowest BCUT2D eigenvalue weighted by molar-refractivity contribution is 0.358. The quantitative estimate of drug-likeness (QED) is 0.923. The molecule has 0 aliphatic carbocycles. The van der Waals surface area contributed by atoms with Gasteiger partial charge in [0.25, 0.3) is 0 Å². The molecule has 112 valence electrons. The molecule has 0 aliphatic rings. The van der Waals surface area contributed by atoms with Gasteiger partial charge >= 0.3 is 0 Å². The Morgan fingerprint density at radius 1 is 1.14 bits per heavy atom. The summed E-state index contributed by atoms with van der Waals surface area (Å²) in [5.41, 5.74) is 2.21. The van der Waals surface area contributed by atoms with E-state index in [1.807, 2.05) is 18.2 Å². The van der Waals surface area contributed by atoms with Gasteiger partial charge in [0.05, 0.1) is 0 Å². The van der Waals surface area contributed by atoms with E-state index in [0.717, 1.165) is 29.3 Å². The average Bonchev–Trinajstić information content (AvgIpc) is 2.46. The lowest BCUT2D eigenvalue weighted by Crippen LogP contribution is -2.31. The van der Waals surface area contributed by atoms with Crippen LogP contribution in [0.15, 0.2) is 30.6 Å². The van der Waals surface area contributed by atoms with Crippen molar-refractivity contribution >= 4 is 5.82 Å². The van der Waals surface area contributed by atoms with Crippen LogP contribution in [-0.2, 0) is 6.42 Å². The maximum absolute atomic E-state index is 4.66. The van der Waals surface area contributed by atoms with Crippen molar-refractivity contribution in [3.8, 4) is 11.4 Å². The maximum Gasteiger partial charge on any atom is 0.161 e. The first-order valence-electron chi connectivity index (χ1n) is 7.45. The van der Waals surface area contributed by atoms with Crippen molar-refractivity contribution in [3.05, 3.63) is 36.3 Å². The first-order chi connectivity index (χ1) is 9.90. The Hall–Kier alpha value is -1.97. The SMILES string of the molecule is CCc1cc(NC(C)C(C)(C)C)nc(-c2ccncc2)n1. The second kappa shape index (κ2) is 6.20. The van der Waals surface area contributed by atoms with Gasteiger partial charge in [-0.2, -0.15) is 0 Å². The summed E-state index contributed by atoms with van der Waals surface area (Å²) in [6, 6.07) is 6.23. The van der Waals surface area contributed by atoms with Gasteiger partial charge in [-0.25, -0.2) is 9.97 Å². The van der Waals surface area contributed by atoms with Crippen molar-refractivity contribution in [2.75, 3.05) is 5.32 Å². The minimum atomic E-state index is 0.175. The molecule has 0 spiro atoms. The summed E-state index contributed by atoms with van der Waals surface area (Å²) in [5, 5.41) is 3.50. The minimum Gasteiger partial charge on any atom is -0.367 e. The highest BCUT2D eigenvalue weighted by molar-refractivity contribution is 5.57. The van der Waals surface area contributed by atoms with Crippen molar-refractivity contribution in [2.45, 2.75) is 47.1 Å². The molecule has 0 saturated carbocycles. The monoisotopic (exact) mass is 284 g/mol. The fourth-order valence-corrected chi connectivity index (χ4v) is 1.82. The molecule has 2 aromatic rings. The van der Waals surface area contributed by atoms with E-state index in [9.17, 15) is 0 Å². The van der Waals surface area contributed by atoms with Crippen LogP contribution in [0.4, 0.5) is 5.82 Å². The molecule has 21 heavy (non-hydrogen) atoms. The van der Waals surface area contributed by atoms with Crippen molar-refractivity contribution in [1.82, 2.24) is 15.0 Å². The predicted octanol–water partition coefficient (Wildman–Crippen LogP) is 3.95. The number of hydrogen-bond donors (Lipinski definition) is 1. The molecule has 2 heterocycles. The molecule has 2 rings (SSSR count). The van der Waals surface area contributed by atoms with E-state index in [-0.39, 0.29) is 5.41 Å². The molecule has 0 aliphatic heterocycles. The molecule has 0 radical (unpaired) electrons. The highest BCUT2D eigenvalue weighted by atomic mass is 15.1. The Morgan fingerprint density at radius 2 is 1.81 bits per heavy atom. The minimum absolute atomic E-state index is 0.175. The zero-order valence-electron chi connectivity index (χ0n) is 13.5. The second-order valence-electron chi connectivity index (χ2n) is 6.39. The molecule has 2 aromatic heterocycles. The summed E-state index contributed by atoms with van der Waals surface area (Å²) < 4.78 is 0. The van der Waals surface area contributed by atoms with Gasteiger partial charge < -0.3 is 5.32 Å². The topological polar surface area (TPSA) is 50.7 Å². The molecular weight excluding hydrogens is 260 g/mol. The largest absolute Gasteiger partial charge is 0.367 e. The Bertz CT molecular complexity index is 587. The summed E-state index contributed by atoms with van der Waals surface area (Å²) in [5.74, 6) is 1.64. The van der Waals surface area contributed by atoms with Crippen LogP contribution in [0.5, 0.6) is 0 Å². The number of aromatic nitrogens is 3. The van der Waals surface area contributed by atoms with Gasteiger partial charge in [-0.05, 0) is 30.9 Å². The van der Waals surface area contributed by atoms with Gasteiger partial charge in [-0.15, -0.1) is 0 Å². The van der Waals surface area contributed by atoms with Gasteiger partial charge in [0, 0.05) is 35.8 Å². The van der Waals surface area contributed by atoms with Crippen LogP contribution in [0.3, 0.4) is 0 Å². The van der Waals surface area contributed by atoms with E-state index in [4.69, 9.17) is 0 Å². The summed E-state index contributed by atoms with van der Waals surface area (Å²) in [6.45, 7) is 10.9. The van der Waals surface area contributed by atoms with Crippen LogP contribution < -0.4 is 5.32 Å². The lowest BCUT2D eigenvalue weighted by Gasteiger charge is -2.28. The molecule has 1 atom stereocenters. The van der Waals surface area contributed by atoms with Crippen LogP contribution in [0.1, 0.15) is 40.3 Å². The van der Waals surface area contributed by atoms with Gasteiger partial charge in [0.15, 0.2) is 5.82 Å². The van der Waals surface area contributed by atoms with Gasteiger partial charge in [0.1, 0.15) is 5.82 Å². The van der Waals surface area contributed by atoms with E-state index < -0.39 is 0 Å². The van der Waals surface area contributed by atoms with Gasteiger partial charge in [-0.3, -0.25) is 4.98 Å². The number of pyridine rings is 1. The summed E-state index contributed by atoms with van der Waals surface area (Å²) in [6.07, 6.45) is 4.42. The van der Waals surface area contributed by atoms with Crippen LogP contribution in [0.2, 0.25) is 0 Å². The predicted molar refractivity (Wildman–Crippen MR) is 87.2 cm³/mol. The van der Waals surface area contributed by atoms with Crippen molar-refractivity contribution in [3.63, 3.8) is 0 Å². The third-order valence-corrected chi connectivity index (χ3v) is 3.74. The van der Waals surface area contributed by atoms with Crippen molar-refractivity contribution in [2.24, 2.45) is 5.41 Å². The molecule has 1 N–H and O–H groups in total.